The Morgan fingerprint density at radius 2 is 1.36 bits per heavy atom. The van der Waals surface area contributed by atoms with Crippen molar-refractivity contribution in [2.24, 2.45) is 0 Å². The number of thiocarbonyl (C=S) groups is 1. The number of piperazine rings is 1. The molecular formula is C27H39ClN2OS2. The highest BCUT2D eigenvalue weighted by Crippen LogP contribution is 2.45. The smallest absolute Gasteiger partial charge is 0.137 e. The Balaban J connectivity index is 0.00000385. The molecule has 1 heterocycles. The Bertz CT molecular complexity index is 908. The van der Waals surface area contributed by atoms with Crippen molar-refractivity contribution in [1.29, 1.82) is 0 Å². The molecule has 182 valence electrons. The van der Waals surface area contributed by atoms with E-state index < -0.39 is 0 Å². The second kappa shape index (κ2) is 11.0. The first kappa shape index (κ1) is 28.0. The van der Waals surface area contributed by atoms with E-state index in [-0.39, 0.29) is 28.5 Å². The molecule has 0 bridgehead atoms. The number of phenols is 1. The highest BCUT2D eigenvalue weighted by atomic mass is 35.5. The van der Waals surface area contributed by atoms with E-state index in [0.717, 1.165) is 41.6 Å². The molecule has 1 fully saturated rings. The minimum Gasteiger partial charge on any atom is -0.507 e. The van der Waals surface area contributed by atoms with Crippen LogP contribution in [-0.4, -0.2) is 52.5 Å². The van der Waals surface area contributed by atoms with Crippen LogP contribution in [0.1, 0.15) is 69.0 Å². The fourth-order valence-corrected chi connectivity index (χ4v) is 5.64. The molecule has 2 aromatic rings. The molecule has 33 heavy (non-hydrogen) atoms. The highest BCUT2D eigenvalue weighted by molar-refractivity contribution is 8.23. The number of nitrogens with zero attached hydrogens (tertiary/aromatic N) is 2. The first-order chi connectivity index (χ1) is 14.9. The van der Waals surface area contributed by atoms with Gasteiger partial charge in [0.15, 0.2) is 0 Å². The lowest BCUT2D eigenvalue weighted by atomic mass is 9.78. The van der Waals surface area contributed by atoms with Gasteiger partial charge in [0.25, 0.3) is 0 Å². The zero-order valence-electron chi connectivity index (χ0n) is 21.0. The zero-order chi connectivity index (χ0) is 23.7. The van der Waals surface area contributed by atoms with Crippen LogP contribution in [0.2, 0.25) is 0 Å². The lowest BCUT2D eigenvalue weighted by Gasteiger charge is -2.35. The van der Waals surface area contributed by atoms with E-state index >= 15 is 0 Å². The second-order valence-electron chi connectivity index (χ2n) is 10.9. The first-order valence-corrected chi connectivity index (χ1v) is 12.7. The summed E-state index contributed by atoms with van der Waals surface area (Å²) >= 11 is 7.71. The molecular weight excluding hydrogens is 468 g/mol. The summed E-state index contributed by atoms with van der Waals surface area (Å²) in [6.45, 7) is 17.0. The number of hydrogen-bond donors (Lipinski definition) is 1. The van der Waals surface area contributed by atoms with E-state index in [1.807, 2.05) is 0 Å². The van der Waals surface area contributed by atoms with Crippen LogP contribution >= 0.6 is 36.4 Å². The highest BCUT2D eigenvalue weighted by Gasteiger charge is 2.30. The molecule has 1 unspecified atom stereocenters. The summed E-state index contributed by atoms with van der Waals surface area (Å²) in [4.78, 5) is 4.69. The van der Waals surface area contributed by atoms with Gasteiger partial charge in [-0.05, 0) is 40.1 Å². The van der Waals surface area contributed by atoms with E-state index in [0.29, 0.717) is 5.75 Å². The van der Waals surface area contributed by atoms with E-state index in [2.05, 4.69) is 101 Å². The van der Waals surface area contributed by atoms with Crippen molar-refractivity contribution in [3.8, 4) is 5.75 Å². The van der Waals surface area contributed by atoms with Crippen molar-refractivity contribution in [2.45, 2.75) is 57.6 Å². The molecule has 0 aliphatic carbocycles. The molecule has 0 saturated carbocycles. The van der Waals surface area contributed by atoms with Gasteiger partial charge < -0.3 is 14.9 Å². The SMILES string of the molecule is CN1CCN(C(=S)SC(c2ccccc2)c2cc(C(C)(C)C)c(O)c(C(C)(C)C)c2)CC1.Cl. The van der Waals surface area contributed by atoms with Crippen LogP contribution in [0.4, 0.5) is 0 Å². The number of likely N-dealkylation sites (N-methyl/N-ethyl adjacent to an activating group) is 1. The monoisotopic (exact) mass is 506 g/mol. The van der Waals surface area contributed by atoms with E-state index in [1.54, 1.807) is 11.8 Å². The molecule has 1 atom stereocenters. The minimum atomic E-state index is -0.163. The maximum Gasteiger partial charge on any atom is 0.137 e. The molecule has 0 amide bonds. The second-order valence-corrected chi connectivity index (χ2v) is 12.7. The zero-order valence-corrected chi connectivity index (χ0v) is 23.5. The lowest BCUT2D eigenvalue weighted by Crippen LogP contribution is -2.45. The maximum atomic E-state index is 11.2. The Kier molecular flexibility index (Phi) is 9.31. The van der Waals surface area contributed by atoms with Gasteiger partial charge in [-0.1, -0.05) is 108 Å². The molecule has 1 aliphatic rings. The quantitative estimate of drug-likeness (QED) is 0.464. The summed E-state index contributed by atoms with van der Waals surface area (Å²) in [5.74, 6) is 0.423. The van der Waals surface area contributed by atoms with Crippen LogP contribution in [-0.2, 0) is 10.8 Å². The predicted molar refractivity (Wildman–Crippen MR) is 150 cm³/mol. The fourth-order valence-electron chi connectivity index (χ4n) is 4.07. The molecule has 1 saturated heterocycles. The van der Waals surface area contributed by atoms with Gasteiger partial charge in [0.05, 0.1) is 5.25 Å². The van der Waals surface area contributed by atoms with Gasteiger partial charge in [0.2, 0.25) is 0 Å². The molecule has 3 rings (SSSR count). The normalized spacial score (nSPS) is 16.3. The topological polar surface area (TPSA) is 26.7 Å². The largest absolute Gasteiger partial charge is 0.507 e. The summed E-state index contributed by atoms with van der Waals surface area (Å²) in [5, 5.41) is 11.3. The average molecular weight is 507 g/mol. The number of aromatic hydroxyl groups is 1. The van der Waals surface area contributed by atoms with Crippen molar-refractivity contribution in [2.75, 3.05) is 33.2 Å². The molecule has 6 heteroatoms. The minimum absolute atomic E-state index is 0. The van der Waals surface area contributed by atoms with Crippen molar-refractivity contribution in [3.05, 3.63) is 64.7 Å². The number of rotatable bonds is 3. The maximum absolute atomic E-state index is 11.2. The summed E-state index contributed by atoms with van der Waals surface area (Å²) in [7, 11) is 2.17. The van der Waals surface area contributed by atoms with E-state index in [9.17, 15) is 5.11 Å². The number of benzene rings is 2. The van der Waals surface area contributed by atoms with Gasteiger partial charge in [-0.15, -0.1) is 12.4 Å². The van der Waals surface area contributed by atoms with Crippen LogP contribution in [0.25, 0.3) is 0 Å². The lowest BCUT2D eigenvalue weighted by molar-refractivity contribution is 0.220. The number of hydrogen-bond acceptors (Lipinski definition) is 4. The fraction of sp³-hybridized carbons (Fsp3) is 0.519. The third kappa shape index (κ3) is 6.88. The van der Waals surface area contributed by atoms with Crippen LogP contribution in [0.15, 0.2) is 42.5 Å². The third-order valence-electron chi connectivity index (χ3n) is 6.13. The van der Waals surface area contributed by atoms with Crippen molar-refractivity contribution < 1.29 is 5.11 Å². The van der Waals surface area contributed by atoms with Crippen molar-refractivity contribution in [3.63, 3.8) is 0 Å². The Morgan fingerprint density at radius 3 is 1.82 bits per heavy atom. The molecule has 0 radical (unpaired) electrons. The van der Waals surface area contributed by atoms with Gasteiger partial charge in [-0.25, -0.2) is 0 Å². The molecule has 2 aromatic carbocycles. The number of thioether (sulfide) groups is 1. The van der Waals surface area contributed by atoms with E-state index in [1.165, 1.54) is 11.1 Å². The van der Waals surface area contributed by atoms with Gasteiger partial charge in [0, 0.05) is 26.2 Å². The summed E-state index contributed by atoms with van der Waals surface area (Å²) in [6.07, 6.45) is 0. The van der Waals surface area contributed by atoms with Crippen LogP contribution < -0.4 is 0 Å². The van der Waals surface area contributed by atoms with Crippen molar-refractivity contribution in [1.82, 2.24) is 9.80 Å². The van der Waals surface area contributed by atoms with Crippen LogP contribution in [0, 0.1) is 0 Å². The summed E-state index contributed by atoms with van der Waals surface area (Å²) < 4.78 is 0.953. The van der Waals surface area contributed by atoms with Gasteiger partial charge in [-0.3, -0.25) is 0 Å². The molecule has 1 aliphatic heterocycles. The molecule has 0 spiro atoms. The standard InChI is InChI=1S/C27H38N2OS2.ClH/c1-26(2,3)21-17-20(18-22(23(21)30)27(4,5)6)24(19-11-9-8-10-12-19)32-25(31)29-15-13-28(7)14-16-29;/h8-12,17-18,24,30H,13-16H2,1-7H3;1H. The third-order valence-corrected chi connectivity index (χ3v) is 7.92. The number of phenolic OH excluding ortho intramolecular Hbond substituents is 1. The van der Waals surface area contributed by atoms with Gasteiger partial charge in [-0.2, -0.15) is 0 Å². The Morgan fingerprint density at radius 1 is 0.879 bits per heavy atom. The predicted octanol–water partition coefficient (Wildman–Crippen LogP) is 6.76. The van der Waals surface area contributed by atoms with E-state index in [4.69, 9.17) is 12.2 Å². The van der Waals surface area contributed by atoms with Gasteiger partial charge in [0.1, 0.15) is 10.1 Å². The molecule has 1 N–H and O–H groups in total. The van der Waals surface area contributed by atoms with Crippen molar-refractivity contribution >= 4 is 40.7 Å². The van der Waals surface area contributed by atoms with Crippen LogP contribution in [0.5, 0.6) is 5.75 Å². The summed E-state index contributed by atoms with van der Waals surface area (Å²) in [6, 6.07) is 15.0. The Hall–Kier alpha value is -1.27. The van der Waals surface area contributed by atoms with Gasteiger partial charge >= 0.3 is 0 Å². The first-order valence-electron chi connectivity index (χ1n) is 11.4. The molecule has 3 nitrogen and oxygen atoms in total. The number of halogens is 1. The molecule has 0 aromatic heterocycles. The average Bonchev–Trinajstić information content (AvgIpc) is 2.71. The Labute approximate surface area is 216 Å². The summed E-state index contributed by atoms with van der Waals surface area (Å²) in [5.41, 5.74) is 4.09. The van der Waals surface area contributed by atoms with Crippen LogP contribution in [0.3, 0.4) is 0 Å².